The van der Waals surface area contributed by atoms with Crippen LogP contribution in [-0.2, 0) is 11.3 Å². The molecule has 5 nitrogen and oxygen atoms in total. The highest BCUT2D eigenvalue weighted by atomic mass is 32.2. The summed E-state index contributed by atoms with van der Waals surface area (Å²) < 4.78 is 5.41. The van der Waals surface area contributed by atoms with Crippen LogP contribution in [-0.4, -0.2) is 22.5 Å². The molecule has 0 saturated carbocycles. The van der Waals surface area contributed by atoms with E-state index in [1.165, 1.54) is 0 Å². The molecule has 4 aromatic rings. The average Bonchev–Trinajstić information content (AvgIpc) is 3.45. The predicted octanol–water partition coefficient (Wildman–Crippen LogP) is 5.46. The van der Waals surface area contributed by atoms with Gasteiger partial charge >= 0.3 is 0 Å². The van der Waals surface area contributed by atoms with E-state index in [4.69, 9.17) is 4.42 Å². The van der Waals surface area contributed by atoms with Gasteiger partial charge in [-0.05, 0) is 41.3 Å². The molecular formula is C25H20N2O3S. The monoisotopic (exact) mass is 428 g/mol. The van der Waals surface area contributed by atoms with Gasteiger partial charge in [0.2, 0.25) is 5.91 Å². The zero-order chi connectivity index (χ0) is 21.2. The maximum absolute atomic E-state index is 12.8. The van der Waals surface area contributed by atoms with Gasteiger partial charge in [-0.15, -0.1) is 11.8 Å². The standard InChI is InChI=1S/C25H20N2O3S/c28-23-16-31-25(27(23)15-20-7-4-14-30-20)19-12-10-18(11-13-19)24(29)26-22-9-3-6-17-5-1-2-8-21(17)22/h1-14,25H,15-16H2,(H,26,29). The molecule has 1 aliphatic rings. The topological polar surface area (TPSA) is 62.6 Å². The van der Waals surface area contributed by atoms with Crippen molar-refractivity contribution < 1.29 is 14.0 Å². The van der Waals surface area contributed by atoms with Crippen molar-refractivity contribution in [3.8, 4) is 0 Å². The van der Waals surface area contributed by atoms with Crippen molar-refractivity contribution in [1.82, 2.24) is 4.90 Å². The molecule has 1 fully saturated rings. The number of furan rings is 1. The number of carbonyl (C=O) groups is 2. The molecule has 1 unspecified atom stereocenters. The molecule has 6 heteroatoms. The third-order valence-electron chi connectivity index (χ3n) is 5.37. The van der Waals surface area contributed by atoms with Gasteiger partial charge in [0.05, 0.1) is 18.6 Å². The van der Waals surface area contributed by atoms with Crippen LogP contribution >= 0.6 is 11.8 Å². The Kier molecular flexibility index (Phi) is 5.22. The molecule has 1 aliphatic heterocycles. The number of fused-ring (bicyclic) bond motifs is 1. The molecule has 0 aliphatic carbocycles. The van der Waals surface area contributed by atoms with Crippen LogP contribution in [0, 0.1) is 0 Å². The van der Waals surface area contributed by atoms with Crippen molar-refractivity contribution in [2.24, 2.45) is 0 Å². The van der Waals surface area contributed by atoms with Crippen LogP contribution in [0.1, 0.15) is 27.1 Å². The van der Waals surface area contributed by atoms with Crippen molar-refractivity contribution in [3.63, 3.8) is 0 Å². The number of amides is 2. The van der Waals surface area contributed by atoms with Gasteiger partial charge in [0, 0.05) is 16.6 Å². The fraction of sp³-hybridized carbons (Fsp3) is 0.120. The number of nitrogens with one attached hydrogen (secondary N) is 1. The summed E-state index contributed by atoms with van der Waals surface area (Å²) in [5.74, 6) is 1.12. The SMILES string of the molecule is O=C(Nc1cccc2ccccc12)c1ccc(C2SCC(=O)N2Cc2ccco2)cc1. The summed E-state index contributed by atoms with van der Waals surface area (Å²) >= 11 is 1.59. The van der Waals surface area contributed by atoms with Crippen molar-refractivity contribution >= 4 is 40.0 Å². The van der Waals surface area contributed by atoms with Gasteiger partial charge < -0.3 is 14.6 Å². The van der Waals surface area contributed by atoms with E-state index in [9.17, 15) is 9.59 Å². The molecule has 154 valence electrons. The summed E-state index contributed by atoms with van der Waals surface area (Å²) in [4.78, 5) is 27.0. The van der Waals surface area contributed by atoms with Crippen molar-refractivity contribution in [2.45, 2.75) is 11.9 Å². The highest BCUT2D eigenvalue weighted by Gasteiger charge is 2.33. The minimum Gasteiger partial charge on any atom is -0.467 e. The summed E-state index contributed by atoms with van der Waals surface area (Å²) in [6.45, 7) is 0.437. The second-order valence-electron chi connectivity index (χ2n) is 7.37. The van der Waals surface area contributed by atoms with Crippen molar-refractivity contribution in [1.29, 1.82) is 0 Å². The van der Waals surface area contributed by atoms with Crippen molar-refractivity contribution in [2.75, 3.05) is 11.1 Å². The second-order valence-corrected chi connectivity index (χ2v) is 8.44. The Morgan fingerprint density at radius 2 is 1.81 bits per heavy atom. The highest BCUT2D eigenvalue weighted by Crippen LogP contribution is 2.39. The smallest absolute Gasteiger partial charge is 0.255 e. The first-order chi connectivity index (χ1) is 15.2. The molecule has 31 heavy (non-hydrogen) atoms. The molecule has 0 spiro atoms. The minimum atomic E-state index is -0.162. The molecule has 0 bridgehead atoms. The third-order valence-corrected chi connectivity index (χ3v) is 6.63. The number of anilines is 1. The number of benzene rings is 3. The van der Waals surface area contributed by atoms with E-state index in [0.29, 0.717) is 17.9 Å². The first kappa shape index (κ1) is 19.5. The summed E-state index contributed by atoms with van der Waals surface area (Å²) in [5.41, 5.74) is 2.35. The molecule has 1 atom stereocenters. The zero-order valence-electron chi connectivity index (χ0n) is 16.7. The lowest BCUT2D eigenvalue weighted by atomic mass is 10.1. The second kappa shape index (κ2) is 8.32. The van der Waals surface area contributed by atoms with Crippen LogP contribution in [0.2, 0.25) is 0 Å². The van der Waals surface area contributed by atoms with E-state index in [1.807, 2.05) is 83.8 Å². The van der Waals surface area contributed by atoms with Gasteiger partial charge in [-0.25, -0.2) is 0 Å². The van der Waals surface area contributed by atoms with E-state index < -0.39 is 0 Å². The molecule has 0 radical (unpaired) electrons. The fourth-order valence-electron chi connectivity index (χ4n) is 3.80. The minimum absolute atomic E-state index is 0.0872. The molecular weight excluding hydrogens is 408 g/mol. The Bertz CT molecular complexity index is 1230. The Morgan fingerprint density at radius 1 is 1.00 bits per heavy atom. The summed E-state index contributed by atoms with van der Waals surface area (Å²) in [6, 6.07) is 25.0. The number of carbonyl (C=O) groups excluding carboxylic acids is 2. The molecule has 2 amide bonds. The first-order valence-corrected chi connectivity index (χ1v) is 11.1. The Labute approximate surface area is 184 Å². The Morgan fingerprint density at radius 3 is 2.61 bits per heavy atom. The normalized spacial score (nSPS) is 16.1. The number of hydrogen-bond acceptors (Lipinski definition) is 4. The Balaban J connectivity index is 1.33. The molecule has 2 heterocycles. The Hall–Kier alpha value is -3.51. The van der Waals surface area contributed by atoms with Crippen LogP contribution in [0.3, 0.4) is 0 Å². The van der Waals surface area contributed by atoms with E-state index in [-0.39, 0.29) is 17.2 Å². The summed E-state index contributed by atoms with van der Waals surface area (Å²) in [7, 11) is 0. The lowest BCUT2D eigenvalue weighted by molar-refractivity contribution is -0.128. The fourth-order valence-corrected chi connectivity index (χ4v) is 4.99. The lowest BCUT2D eigenvalue weighted by Gasteiger charge is -2.23. The third kappa shape index (κ3) is 3.94. The zero-order valence-corrected chi connectivity index (χ0v) is 17.5. The van der Waals surface area contributed by atoms with Crippen LogP contribution in [0.25, 0.3) is 10.8 Å². The van der Waals surface area contributed by atoms with Gasteiger partial charge in [-0.2, -0.15) is 0 Å². The van der Waals surface area contributed by atoms with E-state index >= 15 is 0 Å². The largest absolute Gasteiger partial charge is 0.467 e. The van der Waals surface area contributed by atoms with Crippen LogP contribution in [0.5, 0.6) is 0 Å². The highest BCUT2D eigenvalue weighted by molar-refractivity contribution is 8.00. The molecule has 5 rings (SSSR count). The van der Waals surface area contributed by atoms with Gasteiger partial charge in [0.15, 0.2) is 0 Å². The predicted molar refractivity (Wildman–Crippen MR) is 123 cm³/mol. The molecule has 1 N–H and O–H groups in total. The number of hydrogen-bond donors (Lipinski definition) is 1. The number of nitrogens with zero attached hydrogens (tertiary/aromatic N) is 1. The van der Waals surface area contributed by atoms with Crippen molar-refractivity contribution in [3.05, 3.63) is 102 Å². The van der Waals surface area contributed by atoms with Crippen LogP contribution < -0.4 is 5.32 Å². The van der Waals surface area contributed by atoms with Gasteiger partial charge in [-0.1, -0.05) is 48.5 Å². The van der Waals surface area contributed by atoms with Gasteiger partial charge in [-0.3, -0.25) is 9.59 Å². The molecule has 1 saturated heterocycles. The quantitative estimate of drug-likeness (QED) is 0.459. The molecule has 3 aromatic carbocycles. The van der Waals surface area contributed by atoms with Crippen LogP contribution in [0.4, 0.5) is 5.69 Å². The number of thioether (sulfide) groups is 1. The van der Waals surface area contributed by atoms with E-state index in [0.717, 1.165) is 27.8 Å². The number of rotatable bonds is 5. The average molecular weight is 429 g/mol. The van der Waals surface area contributed by atoms with E-state index in [2.05, 4.69) is 5.32 Å². The molecule has 1 aromatic heterocycles. The summed E-state index contributed by atoms with van der Waals surface area (Å²) in [5, 5.41) is 5.01. The lowest BCUT2D eigenvalue weighted by Crippen LogP contribution is -2.27. The van der Waals surface area contributed by atoms with Crippen LogP contribution in [0.15, 0.2) is 89.5 Å². The first-order valence-electron chi connectivity index (χ1n) is 10.0. The maximum atomic E-state index is 12.8. The maximum Gasteiger partial charge on any atom is 0.255 e. The van der Waals surface area contributed by atoms with Gasteiger partial charge in [0.1, 0.15) is 11.1 Å². The van der Waals surface area contributed by atoms with Gasteiger partial charge in [0.25, 0.3) is 5.91 Å². The van der Waals surface area contributed by atoms with E-state index in [1.54, 1.807) is 18.0 Å². The summed E-state index contributed by atoms with van der Waals surface area (Å²) in [6.07, 6.45) is 1.61.